The van der Waals surface area contributed by atoms with Crippen molar-refractivity contribution >= 4 is 34.0 Å². The molecular formula is C32H40S3. The molecule has 3 aromatic rings. The number of hydrogen-bond acceptors (Lipinski definition) is 3. The highest BCUT2D eigenvalue weighted by Crippen LogP contribution is 2.44. The molecule has 0 saturated heterocycles. The summed E-state index contributed by atoms with van der Waals surface area (Å²) in [6, 6.07) is 8.73. The zero-order valence-corrected chi connectivity index (χ0v) is 24.0. The Hall–Kier alpha value is -1.78. The molecule has 0 unspecified atom stereocenters. The molecule has 0 fully saturated rings. The topological polar surface area (TPSA) is 0 Å². The van der Waals surface area contributed by atoms with Gasteiger partial charge in [0.15, 0.2) is 0 Å². The van der Waals surface area contributed by atoms with Crippen molar-refractivity contribution in [3.8, 4) is 43.2 Å². The van der Waals surface area contributed by atoms with Gasteiger partial charge in [0.2, 0.25) is 0 Å². The van der Waals surface area contributed by atoms with Gasteiger partial charge in [0.1, 0.15) is 0 Å². The first kappa shape index (κ1) is 27.8. The van der Waals surface area contributed by atoms with Crippen LogP contribution in [0.4, 0.5) is 0 Å². The predicted octanol–water partition coefficient (Wildman–Crippen LogP) is 11.4. The van der Waals surface area contributed by atoms with Crippen molar-refractivity contribution in [3.63, 3.8) is 0 Å². The molecule has 3 heterocycles. The Balaban J connectivity index is 1.79. The summed E-state index contributed by atoms with van der Waals surface area (Å²) in [7, 11) is 0. The van der Waals surface area contributed by atoms with Gasteiger partial charge >= 0.3 is 0 Å². The molecule has 3 aromatic heterocycles. The third-order valence-electron chi connectivity index (χ3n) is 6.14. The van der Waals surface area contributed by atoms with E-state index >= 15 is 0 Å². The maximum atomic E-state index is 3.60. The molecule has 3 rings (SSSR count). The van der Waals surface area contributed by atoms with Gasteiger partial charge in [-0.1, -0.05) is 114 Å². The Kier molecular flexibility index (Phi) is 13.4. The summed E-state index contributed by atoms with van der Waals surface area (Å²) < 4.78 is 0. The molecule has 0 aliphatic heterocycles. The van der Waals surface area contributed by atoms with E-state index in [9.17, 15) is 0 Å². The van der Waals surface area contributed by atoms with Crippen molar-refractivity contribution in [2.75, 3.05) is 0 Å². The van der Waals surface area contributed by atoms with E-state index in [2.05, 4.69) is 72.6 Å². The van der Waals surface area contributed by atoms with Crippen LogP contribution in [0.3, 0.4) is 0 Å². The lowest BCUT2D eigenvalue weighted by molar-refractivity contribution is 0.614. The van der Waals surface area contributed by atoms with Crippen molar-refractivity contribution < 1.29 is 0 Å². The SMILES string of the molecule is CCCCCCCCC#Cc1c(-c2cccs2)sc(-c2cccs2)c1C#CCCCCCCCC. The van der Waals surface area contributed by atoms with Crippen LogP contribution in [0.5, 0.6) is 0 Å². The minimum Gasteiger partial charge on any atom is -0.143 e. The molecule has 0 atom stereocenters. The molecule has 0 saturated carbocycles. The number of thiophene rings is 3. The fraction of sp³-hybridized carbons (Fsp3) is 0.500. The van der Waals surface area contributed by atoms with Crippen molar-refractivity contribution in [2.24, 2.45) is 0 Å². The van der Waals surface area contributed by atoms with Crippen molar-refractivity contribution in [2.45, 2.75) is 104 Å². The number of hydrogen-bond donors (Lipinski definition) is 0. The van der Waals surface area contributed by atoms with Gasteiger partial charge in [0.05, 0.1) is 20.9 Å². The van der Waals surface area contributed by atoms with Gasteiger partial charge in [-0.2, -0.15) is 0 Å². The monoisotopic (exact) mass is 520 g/mol. The first-order chi connectivity index (χ1) is 17.3. The third kappa shape index (κ3) is 9.31. The molecule has 0 N–H and O–H groups in total. The standard InChI is InChI=1S/C32H40S3/c1-3-5-7-9-11-13-15-17-21-27-28(22-18-16-14-12-10-8-6-4-2)32(30-24-20-26-34-30)35-31(27)29-23-19-25-33-29/h19-20,23-26H,3-16H2,1-2H3. The first-order valence-corrected chi connectivity index (χ1v) is 16.1. The summed E-state index contributed by atoms with van der Waals surface area (Å²) in [5.74, 6) is 14.2. The Morgan fingerprint density at radius 3 is 1.40 bits per heavy atom. The summed E-state index contributed by atoms with van der Waals surface area (Å²) in [5.41, 5.74) is 2.31. The molecule has 0 nitrogen and oxygen atoms in total. The highest BCUT2D eigenvalue weighted by molar-refractivity contribution is 7.26. The Morgan fingerprint density at radius 2 is 1.00 bits per heavy atom. The highest BCUT2D eigenvalue weighted by atomic mass is 32.1. The summed E-state index contributed by atoms with van der Waals surface area (Å²) in [6.07, 6.45) is 17.7. The minimum absolute atomic E-state index is 0.977. The van der Waals surface area contributed by atoms with Gasteiger partial charge in [0, 0.05) is 22.6 Å². The van der Waals surface area contributed by atoms with E-state index < -0.39 is 0 Å². The lowest BCUT2D eigenvalue weighted by Gasteiger charge is -1.98. The van der Waals surface area contributed by atoms with E-state index in [-0.39, 0.29) is 0 Å². The molecule has 0 radical (unpaired) electrons. The molecule has 35 heavy (non-hydrogen) atoms. The average molecular weight is 521 g/mol. The molecule has 0 spiro atoms. The largest absolute Gasteiger partial charge is 0.143 e. The first-order valence-electron chi connectivity index (χ1n) is 13.6. The minimum atomic E-state index is 0.977. The average Bonchev–Trinajstić information content (AvgIpc) is 3.64. The van der Waals surface area contributed by atoms with Crippen LogP contribution in [0.25, 0.3) is 19.5 Å². The van der Waals surface area contributed by atoms with Gasteiger partial charge < -0.3 is 0 Å². The summed E-state index contributed by atoms with van der Waals surface area (Å²) in [6.45, 7) is 4.55. The molecule has 0 aromatic carbocycles. The third-order valence-corrected chi connectivity index (χ3v) is 9.43. The number of rotatable bonds is 14. The molecule has 3 heteroatoms. The van der Waals surface area contributed by atoms with Crippen LogP contribution in [0.15, 0.2) is 35.0 Å². The Morgan fingerprint density at radius 1 is 0.571 bits per heavy atom. The predicted molar refractivity (Wildman–Crippen MR) is 161 cm³/mol. The molecule has 0 aliphatic rings. The zero-order valence-electron chi connectivity index (χ0n) is 21.6. The Bertz CT molecular complexity index is 989. The second-order valence-corrected chi connectivity index (χ2v) is 12.0. The smallest absolute Gasteiger partial charge is 0.0619 e. The van der Waals surface area contributed by atoms with Crippen LogP contribution in [-0.4, -0.2) is 0 Å². The van der Waals surface area contributed by atoms with Crippen LogP contribution in [-0.2, 0) is 0 Å². The fourth-order valence-corrected chi connectivity index (χ4v) is 7.05. The van der Waals surface area contributed by atoms with E-state index in [1.54, 1.807) is 22.7 Å². The quantitative estimate of drug-likeness (QED) is 0.146. The lowest BCUT2D eigenvalue weighted by Crippen LogP contribution is -1.84. The summed E-state index contributed by atoms with van der Waals surface area (Å²) in [4.78, 5) is 5.20. The maximum Gasteiger partial charge on any atom is 0.0619 e. The summed E-state index contributed by atoms with van der Waals surface area (Å²) in [5, 5.41) is 4.33. The van der Waals surface area contributed by atoms with Gasteiger partial charge in [-0.05, 0) is 35.7 Å². The van der Waals surface area contributed by atoms with E-state index in [4.69, 9.17) is 0 Å². The molecule has 0 aliphatic carbocycles. The van der Waals surface area contributed by atoms with E-state index in [0.29, 0.717) is 0 Å². The zero-order chi connectivity index (χ0) is 24.6. The van der Waals surface area contributed by atoms with Gasteiger partial charge in [-0.3, -0.25) is 0 Å². The van der Waals surface area contributed by atoms with Crippen LogP contribution in [0.2, 0.25) is 0 Å². The highest BCUT2D eigenvalue weighted by Gasteiger charge is 2.19. The second-order valence-electron chi connectivity index (χ2n) is 9.10. The molecule has 0 amide bonds. The van der Waals surface area contributed by atoms with Crippen LogP contribution >= 0.6 is 34.0 Å². The van der Waals surface area contributed by atoms with Crippen LogP contribution in [0.1, 0.15) is 115 Å². The normalized spacial score (nSPS) is 10.6. The van der Waals surface area contributed by atoms with Crippen LogP contribution < -0.4 is 0 Å². The summed E-state index contributed by atoms with van der Waals surface area (Å²) >= 11 is 5.48. The second kappa shape index (κ2) is 16.8. The molecule has 186 valence electrons. The Labute approximate surface area is 226 Å². The molecular weight excluding hydrogens is 481 g/mol. The van der Waals surface area contributed by atoms with Gasteiger partial charge in [-0.25, -0.2) is 0 Å². The maximum absolute atomic E-state index is 3.60. The lowest BCUT2D eigenvalue weighted by atomic mass is 10.1. The van der Waals surface area contributed by atoms with Crippen molar-refractivity contribution in [3.05, 3.63) is 46.2 Å². The van der Waals surface area contributed by atoms with E-state index in [1.165, 1.54) is 96.6 Å². The van der Waals surface area contributed by atoms with Crippen molar-refractivity contribution in [1.29, 1.82) is 0 Å². The van der Waals surface area contributed by atoms with E-state index in [1.807, 2.05) is 11.3 Å². The molecule has 0 bridgehead atoms. The van der Waals surface area contributed by atoms with Crippen LogP contribution in [0, 0.1) is 23.7 Å². The fourth-order valence-electron chi connectivity index (χ4n) is 4.12. The van der Waals surface area contributed by atoms with E-state index in [0.717, 1.165) is 24.0 Å². The van der Waals surface area contributed by atoms with Gasteiger partial charge in [0.25, 0.3) is 0 Å². The van der Waals surface area contributed by atoms with Crippen molar-refractivity contribution in [1.82, 2.24) is 0 Å². The number of unbranched alkanes of at least 4 members (excludes halogenated alkanes) is 12. The van der Waals surface area contributed by atoms with Gasteiger partial charge in [-0.15, -0.1) is 34.0 Å².